The molecule has 0 aliphatic carbocycles. The number of ether oxygens (including phenoxy) is 2. The number of fused-ring (bicyclic) bond motifs is 2. The van der Waals surface area contributed by atoms with Gasteiger partial charge in [-0.25, -0.2) is 0 Å². The molecule has 3 rings (SSSR count). The predicted molar refractivity (Wildman–Crippen MR) is 81.2 cm³/mol. The van der Waals surface area contributed by atoms with E-state index in [1.807, 2.05) is 0 Å². The quantitative estimate of drug-likeness (QED) is 0.868. The van der Waals surface area contributed by atoms with Crippen molar-refractivity contribution in [2.24, 2.45) is 5.73 Å². The van der Waals surface area contributed by atoms with Crippen LogP contribution in [0.5, 0.6) is 11.5 Å². The highest BCUT2D eigenvalue weighted by Crippen LogP contribution is 2.48. The zero-order chi connectivity index (χ0) is 15.0. The van der Waals surface area contributed by atoms with Crippen molar-refractivity contribution >= 4 is 21.9 Å². The summed E-state index contributed by atoms with van der Waals surface area (Å²) >= 11 is 3.61. The first-order chi connectivity index (χ1) is 10.1. The van der Waals surface area contributed by atoms with Crippen molar-refractivity contribution in [1.82, 2.24) is 0 Å². The highest BCUT2D eigenvalue weighted by atomic mass is 79.9. The molecule has 1 atom stereocenters. The van der Waals surface area contributed by atoms with Gasteiger partial charge in [0.2, 0.25) is 0 Å². The van der Waals surface area contributed by atoms with Gasteiger partial charge in [0.15, 0.2) is 0 Å². The average Bonchev–Trinajstić information content (AvgIpc) is 2.51. The molecule has 114 valence electrons. The number of benzene rings is 1. The summed E-state index contributed by atoms with van der Waals surface area (Å²) in [6.07, 6.45) is 3.45. The van der Waals surface area contributed by atoms with Gasteiger partial charge in [-0.05, 0) is 41.6 Å². The van der Waals surface area contributed by atoms with Crippen molar-refractivity contribution in [2.75, 3.05) is 19.8 Å². The first-order valence-corrected chi connectivity index (χ1v) is 8.00. The van der Waals surface area contributed by atoms with Crippen molar-refractivity contribution in [3.63, 3.8) is 0 Å². The summed E-state index contributed by atoms with van der Waals surface area (Å²) in [5.41, 5.74) is 8.39. The summed E-state index contributed by atoms with van der Waals surface area (Å²) in [5, 5.41) is 9.51. The molecule has 0 bridgehead atoms. The minimum Gasteiger partial charge on any atom is -0.493 e. The largest absolute Gasteiger partial charge is 0.493 e. The summed E-state index contributed by atoms with van der Waals surface area (Å²) in [6, 6.07) is 0. The van der Waals surface area contributed by atoms with E-state index in [4.69, 9.17) is 15.2 Å². The number of rotatable bonds is 3. The zero-order valence-electron chi connectivity index (χ0n) is 11.7. The van der Waals surface area contributed by atoms with Gasteiger partial charge in [-0.15, -0.1) is 0 Å². The molecule has 0 radical (unpaired) electrons. The van der Waals surface area contributed by atoms with E-state index in [0.717, 1.165) is 52.6 Å². The number of hydrogen-bond acceptors (Lipinski definition) is 4. The van der Waals surface area contributed by atoms with E-state index in [2.05, 4.69) is 15.9 Å². The van der Waals surface area contributed by atoms with E-state index >= 15 is 0 Å². The van der Waals surface area contributed by atoms with E-state index in [0.29, 0.717) is 19.0 Å². The summed E-state index contributed by atoms with van der Waals surface area (Å²) < 4.78 is 12.5. The maximum absolute atomic E-state index is 11.6. The summed E-state index contributed by atoms with van der Waals surface area (Å²) in [5.74, 6) is -0.181. The highest BCUT2D eigenvalue weighted by Gasteiger charge is 2.34. The van der Waals surface area contributed by atoms with Crippen molar-refractivity contribution in [1.29, 1.82) is 0 Å². The summed E-state index contributed by atoms with van der Waals surface area (Å²) in [7, 11) is 0. The first-order valence-electron chi connectivity index (χ1n) is 7.20. The lowest BCUT2D eigenvalue weighted by molar-refractivity contribution is -0.138. The lowest BCUT2D eigenvalue weighted by Gasteiger charge is -2.31. The number of carboxylic acid groups (broad SMARTS) is 1. The predicted octanol–water partition coefficient (Wildman–Crippen LogP) is 2.23. The fraction of sp³-hybridized carbons (Fsp3) is 0.533. The third kappa shape index (κ3) is 2.40. The number of aliphatic carboxylic acids is 1. The SMILES string of the molecule is NCC(C(=O)O)c1c2c(c(Br)c3c1OCCC3)OCCC2. The van der Waals surface area contributed by atoms with E-state index in [1.54, 1.807) is 0 Å². The van der Waals surface area contributed by atoms with Crippen LogP contribution in [0.2, 0.25) is 0 Å². The highest BCUT2D eigenvalue weighted by molar-refractivity contribution is 9.10. The van der Waals surface area contributed by atoms with Gasteiger partial charge in [0.1, 0.15) is 11.5 Å². The molecule has 1 unspecified atom stereocenters. The van der Waals surface area contributed by atoms with Crippen LogP contribution in [0.1, 0.15) is 35.4 Å². The first kappa shape index (κ1) is 14.7. The Morgan fingerprint density at radius 1 is 1.19 bits per heavy atom. The Hall–Kier alpha value is -1.27. The molecular formula is C15H18BrNO4. The Morgan fingerprint density at radius 2 is 1.81 bits per heavy atom. The van der Waals surface area contributed by atoms with Crippen molar-refractivity contribution < 1.29 is 19.4 Å². The number of carboxylic acids is 1. The molecule has 5 nitrogen and oxygen atoms in total. The summed E-state index contributed by atoms with van der Waals surface area (Å²) in [6.45, 7) is 1.33. The van der Waals surface area contributed by atoms with E-state index < -0.39 is 11.9 Å². The van der Waals surface area contributed by atoms with Crippen molar-refractivity contribution in [3.8, 4) is 11.5 Å². The summed E-state index contributed by atoms with van der Waals surface area (Å²) in [4.78, 5) is 11.6. The van der Waals surface area contributed by atoms with E-state index in [-0.39, 0.29) is 6.54 Å². The van der Waals surface area contributed by atoms with Crippen LogP contribution in [-0.2, 0) is 17.6 Å². The minimum absolute atomic E-state index is 0.0548. The van der Waals surface area contributed by atoms with Crippen LogP contribution >= 0.6 is 15.9 Å². The van der Waals surface area contributed by atoms with Gasteiger partial charge in [-0.3, -0.25) is 4.79 Å². The van der Waals surface area contributed by atoms with Gasteiger partial charge in [0.25, 0.3) is 0 Å². The monoisotopic (exact) mass is 355 g/mol. The smallest absolute Gasteiger partial charge is 0.312 e. The van der Waals surface area contributed by atoms with Gasteiger partial charge < -0.3 is 20.3 Å². The zero-order valence-corrected chi connectivity index (χ0v) is 13.2. The molecule has 2 heterocycles. The van der Waals surface area contributed by atoms with Gasteiger partial charge in [-0.1, -0.05) is 0 Å². The maximum Gasteiger partial charge on any atom is 0.312 e. The Kier molecular flexibility index (Phi) is 4.08. The fourth-order valence-electron chi connectivity index (χ4n) is 3.13. The molecule has 2 aliphatic heterocycles. The second-order valence-corrected chi connectivity index (χ2v) is 6.17. The van der Waals surface area contributed by atoms with Crippen LogP contribution in [0.4, 0.5) is 0 Å². The molecule has 1 aromatic rings. The average molecular weight is 356 g/mol. The normalized spacial score (nSPS) is 18.0. The number of carbonyl (C=O) groups is 1. The number of nitrogens with two attached hydrogens (primary N) is 1. The number of hydrogen-bond donors (Lipinski definition) is 2. The van der Waals surface area contributed by atoms with Gasteiger partial charge in [0.05, 0.1) is 23.6 Å². The molecule has 0 amide bonds. The van der Waals surface area contributed by atoms with Crippen LogP contribution < -0.4 is 15.2 Å². The van der Waals surface area contributed by atoms with E-state index in [9.17, 15) is 9.90 Å². The molecule has 2 aliphatic rings. The third-order valence-corrected chi connectivity index (χ3v) is 4.94. The maximum atomic E-state index is 11.6. The van der Waals surface area contributed by atoms with Crippen molar-refractivity contribution in [2.45, 2.75) is 31.6 Å². The lowest BCUT2D eigenvalue weighted by Crippen LogP contribution is -2.26. The molecule has 0 aromatic heterocycles. The molecule has 1 aromatic carbocycles. The Labute approximate surface area is 131 Å². The molecule has 0 spiro atoms. The van der Waals surface area contributed by atoms with Crippen LogP contribution in [0.25, 0.3) is 0 Å². The Bertz CT molecular complexity index is 551. The third-order valence-electron chi connectivity index (χ3n) is 4.10. The lowest BCUT2D eigenvalue weighted by atomic mass is 9.86. The molecular weight excluding hydrogens is 338 g/mol. The van der Waals surface area contributed by atoms with Crippen LogP contribution in [0.15, 0.2) is 4.47 Å². The van der Waals surface area contributed by atoms with Crippen molar-refractivity contribution in [3.05, 3.63) is 21.2 Å². The standard InChI is InChI=1S/C15H18BrNO4/c16-12-9-4-2-5-20-13(9)11(10(7-17)15(18)19)8-3-1-6-21-14(8)12/h10H,1-7,17H2,(H,18,19). The number of halogens is 1. The van der Waals surface area contributed by atoms with Crippen LogP contribution in [0, 0.1) is 0 Å². The molecule has 0 fully saturated rings. The van der Waals surface area contributed by atoms with Gasteiger partial charge in [-0.2, -0.15) is 0 Å². The van der Waals surface area contributed by atoms with E-state index in [1.165, 1.54) is 0 Å². The van der Waals surface area contributed by atoms with Gasteiger partial charge >= 0.3 is 5.97 Å². The molecule has 0 saturated carbocycles. The molecule has 21 heavy (non-hydrogen) atoms. The fourth-order valence-corrected chi connectivity index (χ4v) is 3.87. The second kappa shape index (κ2) is 5.85. The van der Waals surface area contributed by atoms with Crippen LogP contribution in [0.3, 0.4) is 0 Å². The minimum atomic E-state index is -0.913. The second-order valence-electron chi connectivity index (χ2n) is 5.37. The Balaban J connectivity index is 2.27. The molecule has 3 N–H and O–H groups in total. The molecule has 0 saturated heterocycles. The topological polar surface area (TPSA) is 81.8 Å². The Morgan fingerprint density at radius 3 is 2.43 bits per heavy atom. The van der Waals surface area contributed by atoms with Crippen LogP contribution in [-0.4, -0.2) is 30.8 Å². The molecule has 6 heteroatoms. The van der Waals surface area contributed by atoms with Gasteiger partial charge in [0, 0.05) is 23.2 Å².